The maximum absolute atomic E-state index is 14.1. The summed E-state index contributed by atoms with van der Waals surface area (Å²) >= 11 is 12.1. The van der Waals surface area contributed by atoms with Crippen molar-refractivity contribution in [3.8, 4) is 22.4 Å². The van der Waals surface area contributed by atoms with Gasteiger partial charge in [-0.1, -0.05) is 41.4 Å². The summed E-state index contributed by atoms with van der Waals surface area (Å²) in [6.45, 7) is -0.522. The number of aromatic nitrogens is 2. The van der Waals surface area contributed by atoms with Crippen LogP contribution in [0, 0.1) is 0 Å². The molecule has 2 aromatic carbocycles. The molecule has 0 atom stereocenters. The van der Waals surface area contributed by atoms with Crippen LogP contribution in [0.3, 0.4) is 0 Å². The van der Waals surface area contributed by atoms with Crippen LogP contribution in [0.4, 0.5) is 13.2 Å². The van der Waals surface area contributed by atoms with Gasteiger partial charge in [-0.3, -0.25) is 4.68 Å². The van der Waals surface area contributed by atoms with Crippen molar-refractivity contribution in [1.82, 2.24) is 9.78 Å². The Kier molecular flexibility index (Phi) is 6.68. The highest BCUT2D eigenvalue weighted by Crippen LogP contribution is 2.45. The highest BCUT2D eigenvalue weighted by molar-refractivity contribution is 7.89. The van der Waals surface area contributed by atoms with Gasteiger partial charge in [0.25, 0.3) is 0 Å². The third kappa shape index (κ3) is 5.04. The van der Waals surface area contributed by atoms with Gasteiger partial charge in [-0.25, -0.2) is 13.6 Å². The van der Waals surface area contributed by atoms with Crippen LogP contribution in [0.25, 0.3) is 22.4 Å². The summed E-state index contributed by atoms with van der Waals surface area (Å²) in [5.41, 5.74) is -1.11. The Morgan fingerprint density at radius 1 is 1.10 bits per heavy atom. The lowest BCUT2D eigenvalue weighted by Gasteiger charge is -2.14. The SMILES string of the molecule is NS(=O)(=O)c1ccc(-c2nn(CCCO)c(C(F)(F)F)c2-c2ccc(Cl)cc2Cl)cc1. The first-order chi connectivity index (χ1) is 14.4. The third-order valence-corrected chi connectivity index (χ3v) is 5.88. The molecule has 1 aromatic heterocycles. The maximum Gasteiger partial charge on any atom is 0.433 e. The van der Waals surface area contributed by atoms with Crippen LogP contribution >= 0.6 is 23.2 Å². The lowest BCUT2D eigenvalue weighted by molar-refractivity contribution is -0.143. The lowest BCUT2D eigenvalue weighted by atomic mass is 9.98. The number of sulfonamides is 1. The van der Waals surface area contributed by atoms with E-state index >= 15 is 0 Å². The molecule has 0 aliphatic heterocycles. The van der Waals surface area contributed by atoms with Gasteiger partial charge in [0, 0.05) is 34.9 Å². The highest BCUT2D eigenvalue weighted by Gasteiger charge is 2.41. The third-order valence-electron chi connectivity index (χ3n) is 4.41. The molecule has 0 radical (unpaired) electrons. The van der Waals surface area contributed by atoms with Crippen LogP contribution in [0.15, 0.2) is 47.4 Å². The van der Waals surface area contributed by atoms with E-state index in [1.165, 1.54) is 42.5 Å². The van der Waals surface area contributed by atoms with Gasteiger partial charge in [0.2, 0.25) is 10.0 Å². The summed E-state index contributed by atoms with van der Waals surface area (Å²) in [7, 11) is -3.98. The Morgan fingerprint density at radius 2 is 1.74 bits per heavy atom. The first kappa shape index (κ1) is 23.6. The van der Waals surface area contributed by atoms with Crippen molar-refractivity contribution < 1.29 is 26.7 Å². The summed E-state index contributed by atoms with van der Waals surface area (Å²) in [4.78, 5) is -0.196. The largest absolute Gasteiger partial charge is 0.433 e. The molecular formula is C19H16Cl2F3N3O3S. The van der Waals surface area contributed by atoms with Gasteiger partial charge in [-0.15, -0.1) is 0 Å². The van der Waals surface area contributed by atoms with Crippen molar-refractivity contribution in [2.75, 3.05) is 6.61 Å². The smallest absolute Gasteiger partial charge is 0.396 e. The number of aliphatic hydroxyl groups excluding tert-OH is 1. The van der Waals surface area contributed by atoms with Crippen LogP contribution in [-0.4, -0.2) is 29.9 Å². The second kappa shape index (κ2) is 8.79. The van der Waals surface area contributed by atoms with Gasteiger partial charge in [-0.05, 0) is 30.7 Å². The van der Waals surface area contributed by atoms with Gasteiger partial charge >= 0.3 is 6.18 Å². The topological polar surface area (TPSA) is 98.2 Å². The predicted octanol–water partition coefficient (Wildman–Crippen LogP) is 4.57. The van der Waals surface area contributed by atoms with Crippen molar-refractivity contribution in [1.29, 1.82) is 0 Å². The number of hydrogen-bond donors (Lipinski definition) is 2. The minimum atomic E-state index is -4.79. The van der Waals surface area contributed by atoms with Gasteiger partial charge < -0.3 is 5.11 Å². The number of aryl methyl sites for hydroxylation is 1. The number of nitrogens with two attached hydrogens (primary N) is 1. The Balaban J connectivity index is 2.33. The molecule has 0 aliphatic rings. The number of benzene rings is 2. The van der Waals surface area contributed by atoms with E-state index in [1.807, 2.05) is 0 Å². The quantitative estimate of drug-likeness (QED) is 0.525. The Bertz CT molecular complexity index is 1210. The number of primary sulfonamides is 1. The molecule has 6 nitrogen and oxygen atoms in total. The first-order valence-corrected chi connectivity index (χ1v) is 11.1. The maximum atomic E-state index is 14.1. The number of rotatable bonds is 6. The van der Waals surface area contributed by atoms with Crippen LogP contribution in [0.5, 0.6) is 0 Å². The molecule has 3 N–H and O–H groups in total. The van der Waals surface area contributed by atoms with Crippen molar-refractivity contribution in [2.24, 2.45) is 5.14 Å². The van der Waals surface area contributed by atoms with E-state index in [9.17, 15) is 21.6 Å². The molecule has 0 amide bonds. The molecule has 31 heavy (non-hydrogen) atoms. The molecule has 1 heterocycles. The molecule has 0 unspecified atom stereocenters. The Morgan fingerprint density at radius 3 is 2.26 bits per heavy atom. The minimum Gasteiger partial charge on any atom is -0.396 e. The average molecular weight is 494 g/mol. The van der Waals surface area contributed by atoms with Crippen molar-refractivity contribution in [2.45, 2.75) is 24.0 Å². The number of hydrogen-bond acceptors (Lipinski definition) is 4. The van der Waals surface area contributed by atoms with E-state index in [2.05, 4.69) is 5.10 Å². The standard InChI is InChI=1S/C19H16Cl2F3N3O3S/c20-12-4-7-14(15(21)10-12)16-17(11-2-5-13(6-3-11)31(25,29)30)26-27(8-1-9-28)18(16)19(22,23)24/h2-7,10,28H,1,8-9H2,(H2,25,29,30). The molecule has 12 heteroatoms. The predicted molar refractivity (Wildman–Crippen MR) is 111 cm³/mol. The van der Waals surface area contributed by atoms with Crippen LogP contribution in [0.2, 0.25) is 10.0 Å². The molecule has 0 fully saturated rings. The van der Waals surface area contributed by atoms with Crippen LogP contribution in [0.1, 0.15) is 12.1 Å². The van der Waals surface area contributed by atoms with E-state index in [0.717, 1.165) is 4.68 Å². The van der Waals surface area contributed by atoms with Crippen molar-refractivity contribution in [3.63, 3.8) is 0 Å². The van der Waals surface area contributed by atoms with Crippen molar-refractivity contribution >= 4 is 33.2 Å². The normalized spacial score (nSPS) is 12.4. The van der Waals surface area contributed by atoms with Gasteiger partial charge in [0.05, 0.1) is 9.92 Å². The fourth-order valence-electron chi connectivity index (χ4n) is 3.08. The van der Waals surface area contributed by atoms with E-state index in [0.29, 0.717) is 0 Å². The highest BCUT2D eigenvalue weighted by atomic mass is 35.5. The second-order valence-electron chi connectivity index (χ2n) is 6.56. The van der Waals surface area contributed by atoms with Gasteiger partial charge in [0.1, 0.15) is 5.69 Å². The zero-order chi connectivity index (χ0) is 23.0. The molecule has 0 saturated heterocycles. The van der Waals surface area contributed by atoms with Crippen LogP contribution < -0.4 is 5.14 Å². The zero-order valence-corrected chi connectivity index (χ0v) is 18.0. The Hall–Kier alpha value is -2.11. The molecule has 0 spiro atoms. The summed E-state index contributed by atoms with van der Waals surface area (Å²) in [5, 5.41) is 18.5. The molecule has 3 rings (SSSR count). The lowest BCUT2D eigenvalue weighted by Crippen LogP contribution is -2.16. The molecular weight excluding hydrogens is 478 g/mol. The second-order valence-corrected chi connectivity index (χ2v) is 8.97. The van der Waals surface area contributed by atoms with Gasteiger partial charge in [-0.2, -0.15) is 18.3 Å². The Labute approximate surface area is 186 Å². The van der Waals surface area contributed by atoms with E-state index < -0.39 is 21.9 Å². The van der Waals surface area contributed by atoms with E-state index in [-0.39, 0.29) is 56.9 Å². The molecule has 166 valence electrons. The fraction of sp³-hybridized carbons (Fsp3) is 0.211. The number of halogens is 5. The zero-order valence-electron chi connectivity index (χ0n) is 15.7. The van der Waals surface area contributed by atoms with Crippen LogP contribution in [-0.2, 0) is 22.7 Å². The molecule has 0 saturated carbocycles. The van der Waals surface area contributed by atoms with Crippen molar-refractivity contribution in [3.05, 3.63) is 58.2 Å². The number of nitrogens with zero attached hydrogens (tertiary/aromatic N) is 2. The summed E-state index contributed by atoms with van der Waals surface area (Å²) in [6, 6.07) is 9.06. The van der Waals surface area contributed by atoms with Gasteiger partial charge in [0.15, 0.2) is 5.69 Å². The molecule has 3 aromatic rings. The van der Waals surface area contributed by atoms with E-state index in [4.69, 9.17) is 33.4 Å². The number of alkyl halides is 3. The molecule has 0 bridgehead atoms. The van der Waals surface area contributed by atoms with E-state index in [1.54, 1.807) is 0 Å². The monoisotopic (exact) mass is 493 g/mol. The summed E-state index contributed by atoms with van der Waals surface area (Å²) in [5.74, 6) is 0. The minimum absolute atomic E-state index is 0.0119. The first-order valence-electron chi connectivity index (χ1n) is 8.81. The molecule has 0 aliphatic carbocycles. The number of aliphatic hydroxyl groups is 1. The fourth-order valence-corrected chi connectivity index (χ4v) is 4.10. The average Bonchev–Trinajstić information content (AvgIpc) is 3.05. The summed E-state index contributed by atoms with van der Waals surface area (Å²) in [6.07, 6.45) is -4.75. The summed E-state index contributed by atoms with van der Waals surface area (Å²) < 4.78 is 66.1.